The molecule has 1 heterocycles. The minimum atomic E-state index is -1.15. The van der Waals surface area contributed by atoms with Gasteiger partial charge in [-0.25, -0.2) is 19.2 Å². The Bertz CT molecular complexity index is 617. The zero-order valence-corrected chi connectivity index (χ0v) is 10.1. The molecule has 0 saturated carbocycles. The van der Waals surface area contributed by atoms with Crippen molar-refractivity contribution in [2.24, 2.45) is 0 Å². The maximum Gasteiger partial charge on any atom is 0.339 e. The fraction of sp³-hybridized carbons (Fsp3) is 0.154. The predicted octanol–water partition coefficient (Wildman–Crippen LogP) is 2.20. The van der Waals surface area contributed by atoms with E-state index in [1.54, 1.807) is 13.0 Å². The predicted molar refractivity (Wildman–Crippen MR) is 64.5 cm³/mol. The van der Waals surface area contributed by atoms with E-state index in [1.165, 1.54) is 24.7 Å². The first kappa shape index (κ1) is 12.9. The molecular weight excluding hydrogens is 251 g/mol. The number of aromatic nitrogens is 2. The van der Waals surface area contributed by atoms with Crippen LogP contribution < -0.4 is 4.74 Å². The molecule has 0 radical (unpaired) electrons. The van der Waals surface area contributed by atoms with E-state index in [-0.39, 0.29) is 23.6 Å². The quantitative estimate of drug-likeness (QED) is 0.914. The standard InChI is InChI=1S/C13H11FN2O3/c1-8-2-3-10(14)12(4-8)19-6-11-9(13(17)18)5-15-7-16-11/h2-5,7H,6H2,1H3,(H,17,18). The van der Waals surface area contributed by atoms with Gasteiger partial charge in [0, 0.05) is 6.20 Å². The van der Waals surface area contributed by atoms with Crippen molar-refractivity contribution in [2.75, 3.05) is 0 Å². The van der Waals surface area contributed by atoms with Crippen molar-refractivity contribution in [1.82, 2.24) is 9.97 Å². The minimum absolute atomic E-state index is 0.0597. The van der Waals surface area contributed by atoms with Gasteiger partial charge in [-0.15, -0.1) is 0 Å². The summed E-state index contributed by atoms with van der Waals surface area (Å²) in [6.45, 7) is 1.67. The van der Waals surface area contributed by atoms with E-state index < -0.39 is 11.8 Å². The Morgan fingerprint density at radius 2 is 2.26 bits per heavy atom. The molecule has 6 heteroatoms. The summed E-state index contributed by atoms with van der Waals surface area (Å²) >= 11 is 0. The van der Waals surface area contributed by atoms with Gasteiger partial charge in [0.1, 0.15) is 18.5 Å². The molecule has 0 aliphatic carbocycles. The number of ether oxygens (including phenoxy) is 1. The van der Waals surface area contributed by atoms with Gasteiger partial charge in [-0.3, -0.25) is 0 Å². The molecule has 2 aromatic rings. The monoisotopic (exact) mass is 262 g/mol. The van der Waals surface area contributed by atoms with Crippen LogP contribution in [0.1, 0.15) is 21.6 Å². The Morgan fingerprint density at radius 3 is 3.00 bits per heavy atom. The average molecular weight is 262 g/mol. The number of aromatic carboxylic acids is 1. The van der Waals surface area contributed by atoms with Crippen molar-refractivity contribution in [3.8, 4) is 5.75 Å². The smallest absolute Gasteiger partial charge is 0.339 e. The molecular formula is C13H11FN2O3. The van der Waals surface area contributed by atoms with Gasteiger partial charge in [-0.2, -0.15) is 0 Å². The van der Waals surface area contributed by atoms with Gasteiger partial charge in [-0.05, 0) is 24.6 Å². The highest BCUT2D eigenvalue weighted by molar-refractivity contribution is 5.88. The molecule has 0 spiro atoms. The Morgan fingerprint density at radius 1 is 1.47 bits per heavy atom. The molecule has 1 N–H and O–H groups in total. The van der Waals surface area contributed by atoms with Crippen LogP contribution in [0.5, 0.6) is 5.75 Å². The van der Waals surface area contributed by atoms with Crippen LogP contribution in [0, 0.1) is 12.7 Å². The summed E-state index contributed by atoms with van der Waals surface area (Å²) in [7, 11) is 0. The third kappa shape index (κ3) is 3.04. The lowest BCUT2D eigenvalue weighted by Gasteiger charge is -2.08. The number of hydrogen-bond donors (Lipinski definition) is 1. The zero-order chi connectivity index (χ0) is 13.8. The zero-order valence-electron chi connectivity index (χ0n) is 10.1. The second kappa shape index (κ2) is 5.43. The SMILES string of the molecule is Cc1ccc(F)c(OCc2ncncc2C(=O)O)c1. The Hall–Kier alpha value is -2.50. The van der Waals surface area contributed by atoms with Crippen LogP contribution in [-0.2, 0) is 6.61 Å². The fourth-order valence-electron chi connectivity index (χ4n) is 1.52. The first-order valence-electron chi connectivity index (χ1n) is 5.49. The van der Waals surface area contributed by atoms with Crippen LogP contribution in [0.3, 0.4) is 0 Å². The first-order valence-corrected chi connectivity index (χ1v) is 5.49. The Kier molecular flexibility index (Phi) is 3.70. The molecule has 0 fully saturated rings. The Labute approximate surface area is 108 Å². The van der Waals surface area contributed by atoms with E-state index in [1.807, 2.05) is 0 Å². The number of rotatable bonds is 4. The van der Waals surface area contributed by atoms with Gasteiger partial charge in [0.2, 0.25) is 0 Å². The van der Waals surface area contributed by atoms with Crippen LogP contribution in [0.4, 0.5) is 4.39 Å². The lowest BCUT2D eigenvalue weighted by atomic mass is 10.2. The number of halogens is 1. The van der Waals surface area contributed by atoms with Gasteiger partial charge in [0.25, 0.3) is 0 Å². The highest BCUT2D eigenvalue weighted by Gasteiger charge is 2.12. The second-order valence-electron chi connectivity index (χ2n) is 3.91. The van der Waals surface area contributed by atoms with Crippen molar-refractivity contribution in [3.63, 3.8) is 0 Å². The lowest BCUT2D eigenvalue weighted by molar-refractivity contribution is 0.0692. The summed E-state index contributed by atoms with van der Waals surface area (Å²) in [5.74, 6) is -1.59. The summed E-state index contributed by atoms with van der Waals surface area (Å²) in [5, 5.41) is 8.95. The number of nitrogens with zero attached hydrogens (tertiary/aromatic N) is 2. The molecule has 98 valence electrons. The molecule has 0 bridgehead atoms. The molecule has 0 unspecified atom stereocenters. The number of carboxylic acid groups (broad SMARTS) is 1. The first-order chi connectivity index (χ1) is 9.08. The number of carboxylic acids is 1. The number of hydrogen-bond acceptors (Lipinski definition) is 4. The van der Waals surface area contributed by atoms with Gasteiger partial charge in [0.15, 0.2) is 11.6 Å². The second-order valence-corrected chi connectivity index (χ2v) is 3.91. The normalized spacial score (nSPS) is 10.2. The highest BCUT2D eigenvalue weighted by Crippen LogP contribution is 2.19. The third-order valence-electron chi connectivity index (χ3n) is 2.48. The highest BCUT2D eigenvalue weighted by atomic mass is 19.1. The van der Waals surface area contributed by atoms with Gasteiger partial charge >= 0.3 is 5.97 Å². The lowest BCUT2D eigenvalue weighted by Crippen LogP contribution is -2.09. The molecule has 2 rings (SSSR count). The largest absolute Gasteiger partial charge is 0.484 e. The summed E-state index contributed by atoms with van der Waals surface area (Å²) in [6, 6.07) is 4.45. The molecule has 0 saturated heterocycles. The van der Waals surface area contributed by atoms with E-state index in [0.29, 0.717) is 0 Å². The van der Waals surface area contributed by atoms with Crippen molar-refractivity contribution >= 4 is 5.97 Å². The third-order valence-corrected chi connectivity index (χ3v) is 2.48. The number of carbonyl (C=O) groups is 1. The average Bonchev–Trinajstić information content (AvgIpc) is 2.40. The number of aryl methyl sites for hydroxylation is 1. The molecule has 19 heavy (non-hydrogen) atoms. The van der Waals surface area contributed by atoms with Gasteiger partial charge < -0.3 is 9.84 Å². The Balaban J connectivity index is 2.19. The summed E-state index contributed by atoms with van der Waals surface area (Å²) in [4.78, 5) is 18.4. The van der Waals surface area contributed by atoms with Gasteiger partial charge in [0.05, 0.1) is 5.69 Å². The molecule has 1 aromatic heterocycles. The van der Waals surface area contributed by atoms with Crippen LogP contribution in [0.15, 0.2) is 30.7 Å². The molecule has 0 atom stereocenters. The summed E-state index contributed by atoms with van der Waals surface area (Å²) < 4.78 is 18.7. The van der Waals surface area contributed by atoms with Gasteiger partial charge in [-0.1, -0.05) is 6.07 Å². The number of benzene rings is 1. The molecule has 1 aromatic carbocycles. The van der Waals surface area contributed by atoms with E-state index in [2.05, 4.69) is 9.97 Å². The maximum atomic E-state index is 13.5. The minimum Gasteiger partial charge on any atom is -0.484 e. The van der Waals surface area contributed by atoms with Crippen LogP contribution >= 0.6 is 0 Å². The maximum absolute atomic E-state index is 13.5. The molecule has 0 amide bonds. The fourth-order valence-corrected chi connectivity index (χ4v) is 1.52. The molecule has 0 aliphatic heterocycles. The van der Waals surface area contributed by atoms with Crippen molar-refractivity contribution in [3.05, 3.63) is 53.4 Å². The van der Waals surface area contributed by atoms with Crippen molar-refractivity contribution < 1.29 is 19.0 Å². The van der Waals surface area contributed by atoms with Crippen molar-refractivity contribution in [1.29, 1.82) is 0 Å². The summed E-state index contributed by atoms with van der Waals surface area (Å²) in [6.07, 6.45) is 2.40. The topological polar surface area (TPSA) is 72.3 Å². The molecule has 5 nitrogen and oxygen atoms in total. The van der Waals surface area contributed by atoms with Crippen LogP contribution in [-0.4, -0.2) is 21.0 Å². The van der Waals surface area contributed by atoms with Crippen molar-refractivity contribution in [2.45, 2.75) is 13.5 Å². The van der Waals surface area contributed by atoms with E-state index in [9.17, 15) is 9.18 Å². The van der Waals surface area contributed by atoms with E-state index >= 15 is 0 Å². The van der Waals surface area contributed by atoms with Crippen LogP contribution in [0.2, 0.25) is 0 Å². The van der Waals surface area contributed by atoms with E-state index in [0.717, 1.165) is 5.56 Å². The summed E-state index contributed by atoms with van der Waals surface area (Å²) in [5.41, 5.74) is 0.983. The van der Waals surface area contributed by atoms with E-state index in [4.69, 9.17) is 9.84 Å². The van der Waals surface area contributed by atoms with Crippen LogP contribution in [0.25, 0.3) is 0 Å². The molecule has 0 aliphatic rings.